The van der Waals surface area contributed by atoms with Crippen molar-refractivity contribution >= 4 is 19.2 Å². The van der Waals surface area contributed by atoms with Crippen molar-refractivity contribution in [2.24, 2.45) is 0 Å². The van der Waals surface area contributed by atoms with Crippen molar-refractivity contribution in [2.45, 2.75) is 127 Å². The van der Waals surface area contributed by atoms with Crippen LogP contribution in [-0.4, -0.2) is 68.3 Å². The first-order valence-electron chi connectivity index (χ1n) is 18.0. The normalized spacial score (nSPS) is 24.5. The van der Waals surface area contributed by atoms with Crippen molar-refractivity contribution < 1.29 is 37.8 Å². The molecule has 50 heavy (non-hydrogen) atoms. The lowest BCUT2D eigenvalue weighted by atomic mass is 9.94. The fourth-order valence-electron chi connectivity index (χ4n) is 6.63. The van der Waals surface area contributed by atoms with Gasteiger partial charge in [0.25, 0.3) is 0 Å². The Bertz CT molecular complexity index is 1590. The van der Waals surface area contributed by atoms with Gasteiger partial charge < -0.3 is 29.9 Å². The number of phosphoric ester groups is 1. The smallest absolute Gasteiger partial charge is 0.384 e. The number of unbranched alkanes of at least 4 members (excludes halogenated alkanes) is 11. The molecule has 3 heterocycles. The van der Waals surface area contributed by atoms with Gasteiger partial charge in [-0.3, -0.25) is 9.05 Å². The Morgan fingerprint density at radius 2 is 1.72 bits per heavy atom. The van der Waals surface area contributed by atoms with E-state index in [1.807, 2.05) is 30.3 Å². The van der Waals surface area contributed by atoms with Gasteiger partial charge in [0.2, 0.25) is 0 Å². The van der Waals surface area contributed by atoms with E-state index < -0.39 is 37.3 Å². The minimum absolute atomic E-state index is 0.149. The van der Waals surface area contributed by atoms with Gasteiger partial charge in [-0.15, -0.1) is 0 Å². The highest BCUT2D eigenvalue weighted by atomic mass is 31.2. The average molecular weight is 714 g/mol. The molecule has 5 rings (SSSR count). The van der Waals surface area contributed by atoms with Crippen molar-refractivity contribution in [3.63, 3.8) is 0 Å². The van der Waals surface area contributed by atoms with Gasteiger partial charge >= 0.3 is 7.82 Å². The van der Waals surface area contributed by atoms with E-state index in [0.717, 1.165) is 24.8 Å². The van der Waals surface area contributed by atoms with Crippen LogP contribution in [0.1, 0.15) is 102 Å². The van der Waals surface area contributed by atoms with Gasteiger partial charge in [0.15, 0.2) is 11.4 Å². The van der Waals surface area contributed by atoms with E-state index in [2.05, 4.69) is 23.1 Å². The summed E-state index contributed by atoms with van der Waals surface area (Å²) < 4.78 is 43.1. The van der Waals surface area contributed by atoms with Gasteiger partial charge in [-0.05, 0) is 24.1 Å². The zero-order chi connectivity index (χ0) is 35.5. The molecule has 3 aromatic rings. The number of aromatic nitrogens is 3. The van der Waals surface area contributed by atoms with Gasteiger partial charge in [0.05, 0.1) is 25.5 Å². The fraction of sp³-hybridized carbons (Fsp3) is 0.639. The lowest BCUT2D eigenvalue weighted by Gasteiger charge is -2.25. The fourth-order valence-corrected chi connectivity index (χ4v) is 7.63. The molecule has 0 spiro atoms. The third-order valence-corrected chi connectivity index (χ3v) is 10.5. The van der Waals surface area contributed by atoms with Crippen LogP contribution in [0.25, 0.3) is 5.52 Å². The highest BCUT2D eigenvalue weighted by molar-refractivity contribution is 7.47. The van der Waals surface area contributed by atoms with Crippen molar-refractivity contribution in [1.82, 2.24) is 14.6 Å². The van der Waals surface area contributed by atoms with Crippen LogP contribution in [0.5, 0.6) is 0 Å². The lowest BCUT2D eigenvalue weighted by molar-refractivity contribution is -0.0538. The maximum atomic E-state index is 13.0. The minimum Gasteiger partial charge on any atom is -0.384 e. The summed E-state index contributed by atoms with van der Waals surface area (Å²) in [6, 6.07) is 15.1. The number of fused-ring (bicyclic) bond motifs is 2. The molecular weight excluding hydrogens is 661 g/mol. The number of phosphoric acid groups is 1. The number of ether oxygens (including phenoxy) is 3. The topological polar surface area (TPSA) is 184 Å². The summed E-state index contributed by atoms with van der Waals surface area (Å²) in [5.74, 6) is 0.225. The molecule has 2 aliphatic rings. The Balaban J connectivity index is 1.06. The summed E-state index contributed by atoms with van der Waals surface area (Å²) in [7, 11) is -4.66. The molecule has 1 aliphatic carbocycles. The zero-order valence-electron chi connectivity index (χ0n) is 29.0. The third-order valence-electron chi connectivity index (χ3n) is 9.52. The maximum Gasteiger partial charge on any atom is 0.472 e. The second kappa shape index (κ2) is 18.0. The van der Waals surface area contributed by atoms with Gasteiger partial charge in [-0.1, -0.05) is 108 Å². The molecule has 14 heteroatoms. The first-order valence-corrected chi connectivity index (χ1v) is 19.5. The molecule has 274 valence electrons. The molecule has 0 radical (unpaired) electrons. The molecule has 1 saturated heterocycles. The monoisotopic (exact) mass is 713 g/mol. The Labute approximate surface area is 294 Å². The van der Waals surface area contributed by atoms with Crippen LogP contribution in [0.15, 0.2) is 48.8 Å². The van der Waals surface area contributed by atoms with Crippen molar-refractivity contribution in [1.29, 1.82) is 5.26 Å². The molecule has 1 aromatic carbocycles. The van der Waals surface area contributed by atoms with E-state index in [1.54, 1.807) is 12.1 Å². The second-order valence-electron chi connectivity index (χ2n) is 13.5. The number of nitriles is 1. The third kappa shape index (κ3) is 9.90. The number of aliphatic hydroxyl groups is 1. The SMILES string of the molecule is CCCCCCCCCCCCCCO[C@H](COCc1ccccc1)COP(=O)(O)OC1[C@H]2O[C@@](C#N)(c3ccc4c(N)ncnn34)C[C@@]12O. The highest BCUT2D eigenvalue weighted by Crippen LogP contribution is 2.63. The summed E-state index contributed by atoms with van der Waals surface area (Å²) in [6.45, 7) is 2.97. The van der Waals surface area contributed by atoms with Gasteiger partial charge in [0.1, 0.15) is 41.8 Å². The molecule has 1 saturated carbocycles. The van der Waals surface area contributed by atoms with Gasteiger partial charge in [0, 0.05) is 13.0 Å². The summed E-state index contributed by atoms with van der Waals surface area (Å²) in [5.41, 5.74) is 4.52. The molecule has 2 fully saturated rings. The Kier molecular flexibility index (Phi) is 13.8. The van der Waals surface area contributed by atoms with Gasteiger partial charge in [-0.25, -0.2) is 14.1 Å². The quantitative estimate of drug-likeness (QED) is 0.0690. The Morgan fingerprint density at radius 1 is 1.04 bits per heavy atom. The molecule has 1 aliphatic heterocycles. The second-order valence-corrected chi connectivity index (χ2v) is 14.9. The standard InChI is InChI=1S/C36H52N5O8P/c1-2-3-4-5-6-7-8-9-10-11-12-16-21-46-29(23-45-22-28-17-14-13-15-18-28)24-47-50(43,44)49-33-32-36(33,42)25-35(26-37,48-32)31-20-19-30-34(38)39-27-40-41(30)31/h13-15,17-20,27,29,32-33,42H,2-12,16,21-25H2,1H3,(H,43,44)(H2,38,39,40)/t29-,32-,33?,35+,36+/m1/s1. The number of hydrogen-bond acceptors (Lipinski definition) is 11. The molecular formula is C36H52N5O8P. The molecule has 2 aromatic heterocycles. The van der Waals surface area contributed by atoms with Crippen LogP contribution in [0.4, 0.5) is 5.82 Å². The van der Waals surface area contributed by atoms with E-state index in [-0.39, 0.29) is 25.5 Å². The summed E-state index contributed by atoms with van der Waals surface area (Å²) >= 11 is 0. The summed E-state index contributed by atoms with van der Waals surface area (Å²) in [6.07, 6.45) is 13.1. The van der Waals surface area contributed by atoms with Crippen molar-refractivity contribution in [3.8, 4) is 6.07 Å². The number of nitrogens with zero attached hydrogens (tertiary/aromatic N) is 4. The number of nitrogen functional groups attached to an aromatic ring is 1. The average Bonchev–Trinajstić information content (AvgIpc) is 3.42. The van der Waals surface area contributed by atoms with E-state index in [1.165, 1.54) is 68.6 Å². The number of anilines is 1. The van der Waals surface area contributed by atoms with Crippen LogP contribution >= 0.6 is 7.82 Å². The Morgan fingerprint density at radius 3 is 2.36 bits per heavy atom. The maximum absolute atomic E-state index is 13.0. The first kappa shape index (κ1) is 38.3. The number of nitrogens with two attached hydrogens (primary N) is 1. The first-order chi connectivity index (χ1) is 24.2. The van der Waals surface area contributed by atoms with Crippen LogP contribution in [0.3, 0.4) is 0 Å². The van der Waals surface area contributed by atoms with Crippen LogP contribution in [0.2, 0.25) is 0 Å². The zero-order valence-corrected chi connectivity index (χ0v) is 29.9. The van der Waals surface area contributed by atoms with Crippen molar-refractivity contribution in [3.05, 3.63) is 60.0 Å². The van der Waals surface area contributed by atoms with E-state index in [0.29, 0.717) is 24.4 Å². The minimum atomic E-state index is -4.66. The predicted octanol–water partition coefficient (Wildman–Crippen LogP) is 6.37. The van der Waals surface area contributed by atoms with Crippen molar-refractivity contribution in [2.75, 3.05) is 25.6 Å². The van der Waals surface area contributed by atoms with Gasteiger partial charge in [-0.2, -0.15) is 10.4 Å². The van der Waals surface area contributed by atoms with E-state index in [4.69, 9.17) is 29.0 Å². The molecule has 4 N–H and O–H groups in total. The van der Waals surface area contributed by atoms with E-state index in [9.17, 15) is 19.8 Å². The number of rotatable bonds is 24. The molecule has 2 unspecified atom stereocenters. The summed E-state index contributed by atoms with van der Waals surface area (Å²) in [5, 5.41) is 25.5. The molecule has 6 atom stereocenters. The molecule has 0 bridgehead atoms. The Hall–Kier alpha value is -2.92. The number of benzene rings is 1. The largest absolute Gasteiger partial charge is 0.472 e. The van der Waals surface area contributed by atoms with Crippen LogP contribution in [0, 0.1) is 11.3 Å². The molecule has 13 nitrogen and oxygen atoms in total. The summed E-state index contributed by atoms with van der Waals surface area (Å²) in [4.78, 5) is 14.6. The lowest BCUT2D eigenvalue weighted by Crippen LogP contribution is -2.33. The number of hydrogen-bond donors (Lipinski definition) is 3. The highest BCUT2D eigenvalue weighted by Gasteiger charge is 2.78. The predicted molar refractivity (Wildman–Crippen MR) is 187 cm³/mol. The van der Waals surface area contributed by atoms with E-state index >= 15 is 0 Å². The molecule has 0 amide bonds. The van der Waals surface area contributed by atoms with Crippen LogP contribution < -0.4 is 5.73 Å². The van der Waals surface area contributed by atoms with Crippen LogP contribution in [-0.2, 0) is 40.0 Å².